The normalized spacial score (nSPS) is 23.9. The van der Waals surface area contributed by atoms with Gasteiger partial charge in [0.05, 0.1) is 28.7 Å². The van der Waals surface area contributed by atoms with E-state index < -0.39 is 23.2 Å². The van der Waals surface area contributed by atoms with E-state index >= 15 is 4.39 Å². The molecule has 2 fully saturated rings. The second kappa shape index (κ2) is 12.4. The van der Waals surface area contributed by atoms with Crippen LogP contribution < -0.4 is 5.32 Å². The third-order valence-electron chi connectivity index (χ3n) is 9.53. The number of esters is 1. The van der Waals surface area contributed by atoms with E-state index in [1.807, 2.05) is 26.8 Å². The Balaban J connectivity index is 0.00000175. The van der Waals surface area contributed by atoms with E-state index in [4.69, 9.17) is 32.9 Å². The van der Waals surface area contributed by atoms with Crippen LogP contribution in [0.25, 0.3) is 11.0 Å². The van der Waals surface area contributed by atoms with Gasteiger partial charge in [-0.05, 0) is 80.1 Å². The summed E-state index contributed by atoms with van der Waals surface area (Å²) < 4.78 is 23.2. The van der Waals surface area contributed by atoms with E-state index in [0.29, 0.717) is 39.8 Å². The van der Waals surface area contributed by atoms with Crippen molar-refractivity contribution in [2.24, 2.45) is 5.92 Å². The summed E-state index contributed by atoms with van der Waals surface area (Å²) in [7, 11) is 1.35. The summed E-state index contributed by atoms with van der Waals surface area (Å²) >= 11 is 12.6. The number of nitrogens with one attached hydrogen (secondary N) is 1. The number of likely N-dealkylation sites (tertiary alicyclic amines) is 1. The molecular formula is C35H37Cl2FN4O3. The van der Waals surface area contributed by atoms with Gasteiger partial charge >= 0.3 is 5.97 Å². The van der Waals surface area contributed by atoms with Crippen molar-refractivity contribution in [2.75, 3.05) is 19.0 Å². The van der Waals surface area contributed by atoms with Gasteiger partial charge in [0.25, 0.3) is 0 Å². The molecule has 0 bridgehead atoms. The molecule has 3 heterocycles. The Morgan fingerprint density at radius 2 is 1.82 bits per heavy atom. The Labute approximate surface area is 272 Å². The van der Waals surface area contributed by atoms with Crippen molar-refractivity contribution in [2.45, 2.75) is 70.0 Å². The van der Waals surface area contributed by atoms with Gasteiger partial charge in [-0.3, -0.25) is 9.69 Å². The lowest BCUT2D eigenvalue weighted by Gasteiger charge is -2.40. The van der Waals surface area contributed by atoms with E-state index in [1.54, 1.807) is 48.5 Å². The van der Waals surface area contributed by atoms with Crippen LogP contribution in [0.15, 0.2) is 60.7 Å². The number of amides is 1. The Bertz CT molecular complexity index is 1770. The molecule has 1 saturated heterocycles. The first-order chi connectivity index (χ1) is 21.7. The molecule has 0 spiro atoms. The number of hydrogen-bond donors (Lipinski definition) is 1. The number of fused-ring (bicyclic) bond motifs is 5. The first-order valence-corrected chi connectivity index (χ1v) is 16.3. The van der Waals surface area contributed by atoms with Crippen molar-refractivity contribution in [3.05, 3.63) is 93.5 Å². The average molecular weight is 652 g/mol. The molecule has 10 heteroatoms. The smallest absolute Gasteiger partial charge is 0.337 e. The van der Waals surface area contributed by atoms with Crippen LogP contribution in [0, 0.1) is 11.7 Å². The number of imidazole rings is 1. The maximum atomic E-state index is 16.1. The summed E-state index contributed by atoms with van der Waals surface area (Å²) in [5.41, 5.74) is 1.78. The molecule has 2 aliphatic heterocycles. The van der Waals surface area contributed by atoms with Gasteiger partial charge in [0.1, 0.15) is 17.2 Å². The Morgan fingerprint density at radius 3 is 2.53 bits per heavy atom. The van der Waals surface area contributed by atoms with Gasteiger partial charge in [-0.15, -0.1) is 0 Å². The van der Waals surface area contributed by atoms with Crippen molar-refractivity contribution in [1.29, 1.82) is 0 Å². The summed E-state index contributed by atoms with van der Waals surface area (Å²) in [6.45, 7) is 7.34. The number of nitrogens with zero attached hydrogens (tertiary/aromatic N) is 3. The molecule has 1 aliphatic carbocycles. The molecule has 4 atom stereocenters. The highest BCUT2D eigenvalue weighted by Crippen LogP contribution is 2.58. The number of rotatable bonds is 6. The van der Waals surface area contributed by atoms with Crippen molar-refractivity contribution in [3.8, 4) is 0 Å². The number of carbonyl (C=O) groups excluding carboxylic acids is 2. The molecule has 4 aromatic rings. The van der Waals surface area contributed by atoms with E-state index in [1.165, 1.54) is 13.2 Å². The quantitative estimate of drug-likeness (QED) is 0.214. The highest BCUT2D eigenvalue weighted by Gasteiger charge is 2.63. The van der Waals surface area contributed by atoms with Crippen LogP contribution in [-0.4, -0.2) is 51.6 Å². The van der Waals surface area contributed by atoms with Crippen molar-refractivity contribution >= 4 is 51.8 Å². The fourth-order valence-corrected chi connectivity index (χ4v) is 7.72. The second-order valence-electron chi connectivity index (χ2n) is 12.0. The highest BCUT2D eigenvalue weighted by molar-refractivity contribution is 6.31. The lowest BCUT2D eigenvalue weighted by molar-refractivity contribution is -0.127. The fraction of sp³-hybridized carbons (Fsp3) is 0.400. The zero-order chi connectivity index (χ0) is 32.0. The van der Waals surface area contributed by atoms with Crippen LogP contribution in [0.5, 0.6) is 0 Å². The number of halogens is 3. The van der Waals surface area contributed by atoms with Gasteiger partial charge in [-0.1, -0.05) is 55.2 Å². The minimum absolute atomic E-state index is 0.0133. The van der Waals surface area contributed by atoms with Gasteiger partial charge in [0.2, 0.25) is 5.91 Å². The first-order valence-electron chi connectivity index (χ1n) is 15.6. The number of aryl methyl sites for hydroxylation is 1. The Hall–Kier alpha value is -3.46. The molecule has 3 aromatic carbocycles. The molecule has 1 N–H and O–H groups in total. The van der Waals surface area contributed by atoms with Crippen LogP contribution >= 0.6 is 23.2 Å². The van der Waals surface area contributed by atoms with Gasteiger partial charge in [0.15, 0.2) is 0 Å². The lowest BCUT2D eigenvalue weighted by atomic mass is 9.73. The molecule has 1 unspecified atom stereocenters. The Morgan fingerprint density at radius 1 is 1.07 bits per heavy atom. The largest absolute Gasteiger partial charge is 0.465 e. The van der Waals surface area contributed by atoms with Crippen LogP contribution in [0.1, 0.15) is 73.6 Å². The zero-order valence-electron chi connectivity index (χ0n) is 25.8. The van der Waals surface area contributed by atoms with Crippen molar-refractivity contribution < 1.29 is 18.7 Å². The number of hydrogen-bond acceptors (Lipinski definition) is 5. The van der Waals surface area contributed by atoms with Gasteiger partial charge < -0.3 is 14.6 Å². The molecule has 236 valence electrons. The Kier molecular flexibility index (Phi) is 8.67. The van der Waals surface area contributed by atoms with Gasteiger partial charge in [-0.25, -0.2) is 14.2 Å². The maximum Gasteiger partial charge on any atom is 0.337 e. The molecule has 3 aliphatic rings. The van der Waals surface area contributed by atoms with Gasteiger partial charge in [-0.2, -0.15) is 0 Å². The molecule has 1 amide bonds. The molecule has 7 rings (SSSR count). The molecule has 1 aromatic heterocycles. The number of methoxy groups -OCH3 is 1. The van der Waals surface area contributed by atoms with E-state index in [2.05, 4.69) is 14.8 Å². The number of anilines is 1. The summed E-state index contributed by atoms with van der Waals surface area (Å²) in [5.74, 6) is -0.863. The standard InChI is InChI=1S/C33H31Cl2FN4O3.C2H6/c1-33(32(42)37-21-6-3-5-20(34)16-21)28(22-7-4-8-23(35)29(22)36)27-26(40(33)17-18-9-10-18)13-14-39-25-12-11-19(31(41)43-2)15-24(25)38-30(27)39;1-2/h3-8,11-12,15-16,18,26-28H,9-10,13-14,17H2,1-2H3,(H,37,42);1-2H3/t26-,27+,28?,33+;/m0./s1. The van der Waals surface area contributed by atoms with E-state index in [9.17, 15) is 9.59 Å². The van der Waals surface area contributed by atoms with Crippen molar-refractivity contribution in [3.63, 3.8) is 0 Å². The molecular weight excluding hydrogens is 614 g/mol. The summed E-state index contributed by atoms with van der Waals surface area (Å²) in [4.78, 5) is 34.3. The third kappa shape index (κ3) is 5.41. The molecule has 45 heavy (non-hydrogen) atoms. The lowest BCUT2D eigenvalue weighted by Crippen LogP contribution is -2.56. The predicted octanol–water partition coefficient (Wildman–Crippen LogP) is 8.06. The molecule has 7 nitrogen and oxygen atoms in total. The SMILES string of the molecule is CC.COC(=O)c1ccc2c(c1)nc1n2CC[C@H]2[C@@H]1C(c1cccc(Cl)c1F)[C@](C)(C(=O)Nc1cccc(Cl)c1)N2CC1CC1. The van der Waals surface area contributed by atoms with Gasteiger partial charge in [0, 0.05) is 41.7 Å². The maximum absolute atomic E-state index is 16.1. The molecule has 1 saturated carbocycles. The number of benzene rings is 3. The second-order valence-corrected chi connectivity index (χ2v) is 12.9. The predicted molar refractivity (Wildman–Crippen MR) is 176 cm³/mol. The average Bonchev–Trinajstić information content (AvgIpc) is 3.74. The van der Waals surface area contributed by atoms with Crippen LogP contribution in [-0.2, 0) is 16.1 Å². The van der Waals surface area contributed by atoms with Crippen molar-refractivity contribution in [1.82, 2.24) is 14.5 Å². The van der Waals surface area contributed by atoms with Crippen LogP contribution in [0.3, 0.4) is 0 Å². The minimum Gasteiger partial charge on any atom is -0.465 e. The topological polar surface area (TPSA) is 76.5 Å². The number of carbonyl (C=O) groups is 2. The summed E-state index contributed by atoms with van der Waals surface area (Å²) in [6, 6.07) is 17.4. The van der Waals surface area contributed by atoms with Crippen LogP contribution in [0.4, 0.5) is 10.1 Å². The molecule has 0 radical (unpaired) electrons. The number of ether oxygens (including phenoxy) is 1. The monoisotopic (exact) mass is 650 g/mol. The zero-order valence-corrected chi connectivity index (χ0v) is 27.3. The van der Waals surface area contributed by atoms with E-state index in [-0.39, 0.29) is 22.9 Å². The van der Waals surface area contributed by atoms with Crippen LogP contribution in [0.2, 0.25) is 10.0 Å². The summed E-state index contributed by atoms with van der Waals surface area (Å²) in [5, 5.41) is 3.63. The van der Waals surface area contributed by atoms with E-state index in [0.717, 1.165) is 37.1 Å². The fourth-order valence-electron chi connectivity index (χ4n) is 7.35. The number of aromatic nitrogens is 2. The minimum atomic E-state index is -1.14. The highest BCUT2D eigenvalue weighted by atomic mass is 35.5. The summed E-state index contributed by atoms with van der Waals surface area (Å²) in [6.07, 6.45) is 2.96. The first kappa shape index (κ1) is 31.5. The third-order valence-corrected chi connectivity index (χ3v) is 10.1.